The fourth-order valence-corrected chi connectivity index (χ4v) is 9.29. The molecule has 0 saturated carbocycles. The van der Waals surface area contributed by atoms with Gasteiger partial charge in [-0.3, -0.25) is 0 Å². The molecule has 0 radical (unpaired) electrons. The number of rotatable bonds is 2. The molecule has 0 fully saturated rings. The van der Waals surface area contributed by atoms with Gasteiger partial charge in [0.05, 0.1) is 0 Å². The number of hydrogen-bond acceptors (Lipinski definition) is 0. The maximum absolute atomic E-state index is 2.46. The van der Waals surface area contributed by atoms with E-state index in [0.717, 1.165) is 24.6 Å². The Morgan fingerprint density at radius 1 is 0.800 bits per heavy atom. The Bertz CT molecular complexity index is 397. The predicted molar refractivity (Wildman–Crippen MR) is 67.1 cm³/mol. The summed E-state index contributed by atoms with van der Waals surface area (Å²) >= 11 is 2.04. The molecule has 0 spiro atoms. The third-order valence-electron chi connectivity index (χ3n) is 2.40. The van der Waals surface area contributed by atoms with Gasteiger partial charge in [-0.1, -0.05) is 0 Å². The van der Waals surface area contributed by atoms with E-state index in [2.05, 4.69) is 46.3 Å². The van der Waals surface area contributed by atoms with Gasteiger partial charge in [0.1, 0.15) is 0 Å². The summed E-state index contributed by atoms with van der Waals surface area (Å²) in [5.41, 5.74) is 0. The standard InChI is InChI=1S/C12H10Se3/c1-3-9(13-7-1)11-5-6-12(15-11)10-4-2-8-14-10/h1-8,11-12H. The van der Waals surface area contributed by atoms with Crippen LogP contribution in [-0.2, 0) is 0 Å². The molecule has 0 saturated heterocycles. The molecule has 1 aliphatic heterocycles. The quantitative estimate of drug-likeness (QED) is 0.542. The zero-order valence-corrected chi connectivity index (χ0v) is 13.1. The van der Waals surface area contributed by atoms with Crippen molar-refractivity contribution >= 4 is 44.0 Å². The molecule has 3 rings (SSSR count). The van der Waals surface area contributed by atoms with Gasteiger partial charge < -0.3 is 0 Å². The van der Waals surface area contributed by atoms with Gasteiger partial charge in [-0.2, -0.15) is 0 Å². The van der Waals surface area contributed by atoms with E-state index in [0.29, 0.717) is 29.0 Å². The molecule has 0 aromatic carbocycles. The third-order valence-corrected chi connectivity index (χ3v) is 10.9. The van der Waals surface area contributed by atoms with Gasteiger partial charge in [0.2, 0.25) is 0 Å². The van der Waals surface area contributed by atoms with Gasteiger partial charge in [0.15, 0.2) is 0 Å². The van der Waals surface area contributed by atoms with Crippen LogP contribution in [0.25, 0.3) is 0 Å². The third kappa shape index (κ3) is 2.19. The molecule has 0 amide bonds. The van der Waals surface area contributed by atoms with Gasteiger partial charge in [0, 0.05) is 0 Å². The summed E-state index contributed by atoms with van der Waals surface area (Å²) in [5, 5.41) is 0. The van der Waals surface area contributed by atoms with E-state index in [9.17, 15) is 0 Å². The molecule has 0 aliphatic carbocycles. The van der Waals surface area contributed by atoms with Crippen LogP contribution in [0.4, 0.5) is 0 Å². The second kappa shape index (κ2) is 4.63. The van der Waals surface area contributed by atoms with E-state index in [-0.39, 0.29) is 0 Å². The van der Waals surface area contributed by atoms with Gasteiger partial charge in [-0.25, -0.2) is 0 Å². The fraction of sp³-hybridized carbons (Fsp3) is 0.167. The molecule has 0 N–H and O–H groups in total. The molecular weight excluding hydrogens is 381 g/mol. The van der Waals surface area contributed by atoms with E-state index < -0.39 is 0 Å². The van der Waals surface area contributed by atoms with Crippen LogP contribution in [0.3, 0.4) is 0 Å². The average molecular weight is 391 g/mol. The van der Waals surface area contributed by atoms with Crippen LogP contribution in [0.5, 0.6) is 0 Å². The topological polar surface area (TPSA) is 0 Å². The molecule has 0 nitrogen and oxygen atoms in total. The molecule has 76 valence electrons. The van der Waals surface area contributed by atoms with Crippen molar-refractivity contribution in [3.63, 3.8) is 0 Å². The maximum atomic E-state index is 2.46. The molecule has 3 heterocycles. The predicted octanol–water partition coefficient (Wildman–Crippen LogP) is 1.86. The SMILES string of the molecule is C1=CC(c2ccc[se]2)[Se]C1c1ccc[se]1. The Morgan fingerprint density at radius 2 is 1.33 bits per heavy atom. The van der Waals surface area contributed by atoms with Crippen molar-refractivity contribution in [1.82, 2.24) is 0 Å². The van der Waals surface area contributed by atoms with Crippen molar-refractivity contribution in [2.24, 2.45) is 0 Å². The van der Waals surface area contributed by atoms with E-state index in [1.807, 2.05) is 0 Å². The Morgan fingerprint density at radius 3 is 1.73 bits per heavy atom. The van der Waals surface area contributed by atoms with Crippen molar-refractivity contribution in [1.29, 1.82) is 0 Å². The van der Waals surface area contributed by atoms with Crippen LogP contribution >= 0.6 is 0 Å². The summed E-state index contributed by atoms with van der Waals surface area (Å²) in [7, 11) is 0. The van der Waals surface area contributed by atoms with Gasteiger partial charge in [-0.15, -0.1) is 0 Å². The van der Waals surface area contributed by atoms with E-state index in [1.54, 1.807) is 8.87 Å². The molecule has 15 heavy (non-hydrogen) atoms. The van der Waals surface area contributed by atoms with Gasteiger partial charge in [0.25, 0.3) is 0 Å². The summed E-state index contributed by atoms with van der Waals surface area (Å²) in [4.78, 5) is 6.27. The van der Waals surface area contributed by atoms with Crippen molar-refractivity contribution in [3.05, 3.63) is 55.2 Å². The number of allylic oxidation sites excluding steroid dienone is 2. The van der Waals surface area contributed by atoms with Crippen molar-refractivity contribution in [2.45, 2.75) is 9.63 Å². The van der Waals surface area contributed by atoms with Crippen LogP contribution in [0, 0.1) is 0 Å². The summed E-state index contributed by atoms with van der Waals surface area (Å²) in [6.45, 7) is 0. The van der Waals surface area contributed by atoms with E-state index >= 15 is 0 Å². The Labute approximate surface area is 108 Å². The average Bonchev–Trinajstić information content (AvgIpc) is 3.02. The Kier molecular flexibility index (Phi) is 3.22. The van der Waals surface area contributed by atoms with Crippen molar-refractivity contribution < 1.29 is 0 Å². The monoisotopic (exact) mass is 394 g/mol. The van der Waals surface area contributed by atoms with Crippen LogP contribution in [0.15, 0.2) is 46.3 Å². The first-order valence-electron chi connectivity index (χ1n) is 4.84. The molecule has 1 aliphatic rings. The van der Waals surface area contributed by atoms with Gasteiger partial charge in [-0.05, 0) is 0 Å². The molecular formula is C12H10Se3. The Balaban J connectivity index is 1.78. The summed E-state index contributed by atoms with van der Waals surface area (Å²) in [6, 6.07) is 9.14. The normalized spacial score (nSPS) is 24.8. The van der Waals surface area contributed by atoms with Crippen LogP contribution < -0.4 is 0 Å². The first-order valence-corrected chi connectivity index (χ1v) is 10.5. The summed E-state index contributed by atoms with van der Waals surface area (Å²) in [5.74, 6) is 0. The second-order valence-corrected chi connectivity index (χ2v) is 10.2. The fourth-order valence-electron chi connectivity index (χ4n) is 1.68. The van der Waals surface area contributed by atoms with Crippen LogP contribution in [0.1, 0.15) is 18.5 Å². The first kappa shape index (κ1) is 10.4. The molecule has 2 aromatic rings. The minimum atomic E-state index is 0.652. The van der Waals surface area contributed by atoms with Gasteiger partial charge >= 0.3 is 109 Å². The van der Waals surface area contributed by atoms with E-state index in [4.69, 9.17) is 0 Å². The zero-order chi connectivity index (χ0) is 10.1. The molecule has 3 heteroatoms. The Hall–Kier alpha value is 0.258. The zero-order valence-electron chi connectivity index (χ0n) is 8.00. The molecule has 0 bridgehead atoms. The molecule has 2 aromatic heterocycles. The van der Waals surface area contributed by atoms with Crippen molar-refractivity contribution in [2.75, 3.05) is 0 Å². The minimum absolute atomic E-state index is 0.652. The van der Waals surface area contributed by atoms with E-state index in [1.165, 1.54) is 0 Å². The van der Waals surface area contributed by atoms with Crippen molar-refractivity contribution in [3.8, 4) is 0 Å². The van der Waals surface area contributed by atoms with Crippen LogP contribution in [0.2, 0.25) is 0 Å². The second-order valence-electron chi connectivity index (χ2n) is 3.39. The summed E-state index contributed by atoms with van der Waals surface area (Å²) in [6.07, 6.45) is 4.92. The summed E-state index contributed by atoms with van der Waals surface area (Å²) < 4.78 is 3.39. The van der Waals surface area contributed by atoms with Crippen LogP contribution in [-0.4, -0.2) is 44.0 Å². The molecule has 2 atom stereocenters. The number of hydrogen-bond donors (Lipinski definition) is 0. The molecule has 2 unspecified atom stereocenters. The first-order chi connectivity index (χ1) is 7.43.